The SMILES string of the molecule is C1=CC(c2ccc3cc(-c4ccc5ccccc5c4)ccc3c2)=C2Sc3c(ccc4c5ccccc5c5ccccc5c34)C2C1. The Morgan fingerprint density at radius 2 is 1.00 bits per heavy atom. The van der Waals surface area contributed by atoms with Crippen molar-refractivity contribution in [3.63, 3.8) is 0 Å². The average Bonchev–Trinajstić information content (AvgIpc) is 3.50. The highest BCUT2D eigenvalue weighted by Crippen LogP contribution is 2.58. The highest BCUT2D eigenvalue weighted by molar-refractivity contribution is 8.04. The fourth-order valence-corrected chi connectivity index (χ4v) is 9.30. The molecule has 8 aromatic rings. The van der Waals surface area contributed by atoms with E-state index in [2.05, 4.69) is 152 Å². The van der Waals surface area contributed by atoms with Crippen LogP contribution < -0.4 is 0 Å². The number of benzene rings is 8. The summed E-state index contributed by atoms with van der Waals surface area (Å²) in [5.41, 5.74) is 6.66. The smallest absolute Gasteiger partial charge is 0.0243 e. The van der Waals surface area contributed by atoms with Crippen molar-refractivity contribution in [3.05, 3.63) is 168 Å². The minimum absolute atomic E-state index is 0.408. The highest BCUT2D eigenvalue weighted by Gasteiger charge is 2.33. The van der Waals surface area contributed by atoms with Crippen LogP contribution in [0.15, 0.2) is 161 Å². The van der Waals surface area contributed by atoms with Gasteiger partial charge in [0.2, 0.25) is 0 Å². The molecule has 0 fully saturated rings. The normalized spacial score (nSPS) is 15.9. The van der Waals surface area contributed by atoms with E-state index in [1.54, 1.807) is 0 Å². The number of hydrogen-bond acceptors (Lipinski definition) is 1. The summed E-state index contributed by atoms with van der Waals surface area (Å²) in [5.74, 6) is 0.408. The second-order valence-corrected chi connectivity index (χ2v) is 13.5. The van der Waals surface area contributed by atoms with Crippen molar-refractivity contribution in [2.75, 3.05) is 0 Å². The van der Waals surface area contributed by atoms with Gasteiger partial charge in [-0.15, -0.1) is 0 Å². The topological polar surface area (TPSA) is 0 Å². The van der Waals surface area contributed by atoms with Crippen LogP contribution in [0, 0.1) is 0 Å². The molecule has 0 radical (unpaired) electrons. The molecule has 0 N–H and O–H groups in total. The van der Waals surface area contributed by atoms with Crippen LogP contribution in [0.5, 0.6) is 0 Å². The van der Waals surface area contributed by atoms with Gasteiger partial charge in [0.05, 0.1) is 0 Å². The summed E-state index contributed by atoms with van der Waals surface area (Å²) in [5, 5.41) is 13.3. The molecule has 1 atom stereocenters. The van der Waals surface area contributed by atoms with Gasteiger partial charge in [-0.25, -0.2) is 0 Å². The minimum atomic E-state index is 0.408. The molecule has 45 heavy (non-hydrogen) atoms. The monoisotopic (exact) mass is 588 g/mol. The molecule has 0 nitrogen and oxygen atoms in total. The zero-order valence-corrected chi connectivity index (χ0v) is 25.4. The lowest BCUT2D eigenvalue weighted by Gasteiger charge is -2.19. The second-order valence-electron chi connectivity index (χ2n) is 12.4. The number of fused-ring (bicyclic) bond motifs is 12. The number of rotatable bonds is 2. The van der Waals surface area contributed by atoms with Crippen LogP contribution in [-0.4, -0.2) is 0 Å². The van der Waals surface area contributed by atoms with Crippen molar-refractivity contribution >= 4 is 71.2 Å². The van der Waals surface area contributed by atoms with Crippen LogP contribution in [-0.2, 0) is 0 Å². The van der Waals surface area contributed by atoms with Crippen molar-refractivity contribution in [1.29, 1.82) is 0 Å². The van der Waals surface area contributed by atoms with Gasteiger partial charge >= 0.3 is 0 Å². The molecule has 0 saturated carbocycles. The molecule has 8 aromatic carbocycles. The van der Waals surface area contributed by atoms with Crippen molar-refractivity contribution in [3.8, 4) is 11.1 Å². The summed E-state index contributed by atoms with van der Waals surface area (Å²) in [6.45, 7) is 0. The number of thioether (sulfide) groups is 1. The van der Waals surface area contributed by atoms with E-state index in [0.717, 1.165) is 6.42 Å². The summed E-state index contributed by atoms with van der Waals surface area (Å²) >= 11 is 2.01. The Morgan fingerprint density at radius 3 is 1.73 bits per heavy atom. The van der Waals surface area contributed by atoms with Gasteiger partial charge in [-0.05, 0) is 101 Å². The van der Waals surface area contributed by atoms with E-state index < -0.39 is 0 Å². The molecular weight excluding hydrogens is 561 g/mol. The van der Waals surface area contributed by atoms with E-state index in [9.17, 15) is 0 Å². The van der Waals surface area contributed by atoms with Gasteiger partial charge in [0, 0.05) is 21.1 Å². The zero-order chi connectivity index (χ0) is 29.5. The predicted molar refractivity (Wildman–Crippen MR) is 195 cm³/mol. The third kappa shape index (κ3) is 3.81. The van der Waals surface area contributed by atoms with Gasteiger partial charge in [-0.2, -0.15) is 0 Å². The standard InChI is InChI=1S/C44H28S/c1-2-9-28-24-29(17-16-27(28)8-1)30-18-19-32-26-33(21-20-31(32)25-30)34-14-7-15-40-41-23-22-39-37-12-4-3-10-35(37)36-11-5-6-13-38(36)42(39)44(41)45-43(34)40/h1-14,16-26,40H,15H2. The lowest BCUT2D eigenvalue weighted by Crippen LogP contribution is -2.01. The van der Waals surface area contributed by atoms with Crippen LogP contribution >= 0.6 is 11.8 Å². The molecule has 1 heterocycles. The van der Waals surface area contributed by atoms with E-state index in [-0.39, 0.29) is 0 Å². The van der Waals surface area contributed by atoms with Crippen LogP contribution in [0.1, 0.15) is 23.5 Å². The van der Waals surface area contributed by atoms with Gasteiger partial charge in [0.25, 0.3) is 0 Å². The maximum atomic E-state index is 2.41. The Morgan fingerprint density at radius 1 is 0.467 bits per heavy atom. The highest BCUT2D eigenvalue weighted by atomic mass is 32.2. The molecule has 1 aliphatic carbocycles. The first-order valence-electron chi connectivity index (χ1n) is 15.8. The summed E-state index contributed by atoms with van der Waals surface area (Å²) in [4.78, 5) is 2.93. The molecule has 0 bridgehead atoms. The minimum Gasteiger partial charge on any atom is -0.0923 e. The van der Waals surface area contributed by atoms with Crippen LogP contribution in [0.3, 0.4) is 0 Å². The first-order valence-corrected chi connectivity index (χ1v) is 16.6. The fraction of sp³-hybridized carbons (Fsp3) is 0.0455. The summed E-state index contributed by atoms with van der Waals surface area (Å²) in [6, 6.07) is 51.9. The maximum Gasteiger partial charge on any atom is 0.0243 e. The summed E-state index contributed by atoms with van der Waals surface area (Å²) < 4.78 is 0. The van der Waals surface area contributed by atoms with Crippen molar-refractivity contribution < 1.29 is 0 Å². The van der Waals surface area contributed by atoms with Crippen LogP contribution in [0.4, 0.5) is 0 Å². The van der Waals surface area contributed by atoms with E-state index in [0.29, 0.717) is 5.92 Å². The zero-order valence-electron chi connectivity index (χ0n) is 24.6. The van der Waals surface area contributed by atoms with E-state index in [1.807, 2.05) is 11.8 Å². The molecule has 1 aliphatic heterocycles. The fourth-order valence-electron chi connectivity index (χ4n) is 7.77. The van der Waals surface area contributed by atoms with E-state index in [1.165, 1.54) is 91.5 Å². The van der Waals surface area contributed by atoms with E-state index >= 15 is 0 Å². The lowest BCUT2D eigenvalue weighted by atomic mass is 9.85. The molecule has 0 aromatic heterocycles. The Balaban J connectivity index is 1.10. The molecule has 10 rings (SSSR count). The Hall–Kier alpha value is -5.11. The summed E-state index contributed by atoms with van der Waals surface area (Å²) in [6.07, 6.45) is 5.80. The lowest BCUT2D eigenvalue weighted by molar-refractivity contribution is 0.844. The molecule has 0 spiro atoms. The van der Waals surface area contributed by atoms with Gasteiger partial charge in [-0.1, -0.05) is 145 Å². The first kappa shape index (κ1) is 25.2. The molecule has 1 heteroatoms. The van der Waals surface area contributed by atoms with Crippen LogP contribution in [0.25, 0.3) is 70.6 Å². The predicted octanol–water partition coefficient (Wildman–Crippen LogP) is 12.7. The Bertz CT molecular complexity index is 2570. The van der Waals surface area contributed by atoms with Crippen molar-refractivity contribution in [1.82, 2.24) is 0 Å². The third-order valence-corrected chi connectivity index (χ3v) is 11.3. The Labute approximate surface area is 266 Å². The average molecular weight is 589 g/mol. The molecule has 0 saturated heterocycles. The molecular formula is C44H28S. The van der Waals surface area contributed by atoms with E-state index in [4.69, 9.17) is 0 Å². The van der Waals surface area contributed by atoms with Crippen LogP contribution in [0.2, 0.25) is 0 Å². The molecule has 2 aliphatic rings. The van der Waals surface area contributed by atoms with Crippen molar-refractivity contribution in [2.45, 2.75) is 17.2 Å². The number of allylic oxidation sites excluding steroid dienone is 4. The summed E-state index contributed by atoms with van der Waals surface area (Å²) in [7, 11) is 0. The molecule has 1 unspecified atom stereocenters. The molecule has 210 valence electrons. The largest absolute Gasteiger partial charge is 0.0923 e. The van der Waals surface area contributed by atoms with Gasteiger partial charge < -0.3 is 0 Å². The quantitative estimate of drug-likeness (QED) is 0.181. The van der Waals surface area contributed by atoms with Gasteiger partial charge in [0.15, 0.2) is 0 Å². The second kappa shape index (κ2) is 9.69. The first-order chi connectivity index (χ1) is 22.3. The number of hydrogen-bond donors (Lipinski definition) is 0. The van der Waals surface area contributed by atoms with Gasteiger partial charge in [-0.3, -0.25) is 0 Å². The van der Waals surface area contributed by atoms with Crippen molar-refractivity contribution in [2.24, 2.45) is 0 Å². The Kier molecular flexibility index (Phi) is 5.44. The maximum absolute atomic E-state index is 2.41. The molecule has 0 amide bonds. The van der Waals surface area contributed by atoms with Gasteiger partial charge in [0.1, 0.15) is 0 Å². The third-order valence-electron chi connectivity index (χ3n) is 9.95.